The first-order valence-corrected chi connectivity index (χ1v) is 8.67. The number of rotatable bonds is 5. The van der Waals surface area contributed by atoms with E-state index >= 15 is 0 Å². The average Bonchev–Trinajstić information content (AvgIpc) is 3.25. The smallest absolute Gasteiger partial charge is 0.242 e. The second kappa shape index (κ2) is 6.76. The van der Waals surface area contributed by atoms with Gasteiger partial charge in [0.1, 0.15) is 0 Å². The van der Waals surface area contributed by atoms with E-state index in [-0.39, 0.29) is 5.91 Å². The van der Waals surface area contributed by atoms with Crippen molar-refractivity contribution in [3.8, 4) is 11.6 Å². The van der Waals surface area contributed by atoms with Crippen LogP contribution in [-0.2, 0) is 11.8 Å². The van der Waals surface area contributed by atoms with Gasteiger partial charge in [-0.25, -0.2) is 0 Å². The average molecular weight is 356 g/mol. The number of carbonyl (C=O) groups is 1. The molecule has 0 aliphatic carbocycles. The standard InChI is InChI=1S/C18H20N4O2S/c1-18(2,16(23)21(3)13-9-6-5-7-10-13)25-17-20-19-15(22(17)4)14-11-8-12-24-14/h5-12H,1-4H3. The lowest BCUT2D eigenvalue weighted by atomic mass is 10.1. The third-order valence-corrected chi connectivity index (χ3v) is 5.11. The van der Waals surface area contributed by atoms with Crippen LogP contribution in [0.4, 0.5) is 5.69 Å². The van der Waals surface area contributed by atoms with E-state index in [9.17, 15) is 4.79 Å². The van der Waals surface area contributed by atoms with Gasteiger partial charge in [0.25, 0.3) is 0 Å². The first-order chi connectivity index (χ1) is 11.9. The Morgan fingerprint density at radius 3 is 2.52 bits per heavy atom. The van der Waals surface area contributed by atoms with Crippen LogP contribution >= 0.6 is 11.8 Å². The monoisotopic (exact) mass is 356 g/mol. The molecule has 0 aliphatic heterocycles. The van der Waals surface area contributed by atoms with Crippen molar-refractivity contribution in [2.45, 2.75) is 23.8 Å². The van der Waals surface area contributed by atoms with E-state index in [1.807, 2.05) is 61.9 Å². The summed E-state index contributed by atoms with van der Waals surface area (Å²) >= 11 is 1.38. The molecule has 0 radical (unpaired) electrons. The Hall–Kier alpha value is -2.54. The highest BCUT2D eigenvalue weighted by Gasteiger charge is 2.34. The molecule has 3 aromatic rings. The number of hydrogen-bond donors (Lipinski definition) is 0. The summed E-state index contributed by atoms with van der Waals surface area (Å²) < 4.78 is 6.51. The minimum absolute atomic E-state index is 0.00810. The highest BCUT2D eigenvalue weighted by atomic mass is 32.2. The van der Waals surface area contributed by atoms with Gasteiger partial charge in [0, 0.05) is 19.8 Å². The molecule has 0 bridgehead atoms. The van der Waals surface area contributed by atoms with Gasteiger partial charge >= 0.3 is 0 Å². The molecule has 25 heavy (non-hydrogen) atoms. The minimum atomic E-state index is -0.703. The molecule has 0 unspecified atom stereocenters. The SMILES string of the molecule is CN(C(=O)C(C)(C)Sc1nnc(-c2ccco2)n1C)c1ccccc1. The number of anilines is 1. The Balaban J connectivity index is 1.81. The molecule has 3 rings (SSSR count). The Bertz CT molecular complexity index is 857. The van der Waals surface area contributed by atoms with Crippen LogP contribution in [0.5, 0.6) is 0 Å². The summed E-state index contributed by atoms with van der Waals surface area (Å²) in [5.41, 5.74) is 0.857. The molecule has 1 aromatic carbocycles. The van der Waals surface area contributed by atoms with E-state index in [1.165, 1.54) is 11.8 Å². The predicted molar refractivity (Wildman–Crippen MR) is 98.5 cm³/mol. The predicted octanol–water partition coefficient (Wildman–Crippen LogP) is 3.61. The van der Waals surface area contributed by atoms with Crippen molar-refractivity contribution in [3.63, 3.8) is 0 Å². The van der Waals surface area contributed by atoms with Gasteiger partial charge in [-0.2, -0.15) is 0 Å². The van der Waals surface area contributed by atoms with Crippen LogP contribution in [0.3, 0.4) is 0 Å². The maximum atomic E-state index is 12.9. The van der Waals surface area contributed by atoms with Crippen molar-refractivity contribution >= 4 is 23.4 Å². The summed E-state index contributed by atoms with van der Waals surface area (Å²) in [5.74, 6) is 1.27. The van der Waals surface area contributed by atoms with E-state index in [1.54, 1.807) is 24.3 Å². The fourth-order valence-electron chi connectivity index (χ4n) is 2.47. The van der Waals surface area contributed by atoms with E-state index < -0.39 is 4.75 Å². The summed E-state index contributed by atoms with van der Waals surface area (Å²) in [6.07, 6.45) is 1.60. The number of carbonyl (C=O) groups excluding carboxylic acids is 1. The second-order valence-electron chi connectivity index (χ2n) is 6.15. The topological polar surface area (TPSA) is 64.2 Å². The number of aromatic nitrogens is 3. The fourth-order valence-corrected chi connectivity index (χ4v) is 3.45. The third kappa shape index (κ3) is 3.46. The molecule has 2 heterocycles. The number of furan rings is 1. The van der Waals surface area contributed by atoms with Gasteiger partial charge in [0.05, 0.1) is 11.0 Å². The van der Waals surface area contributed by atoms with Gasteiger partial charge < -0.3 is 13.9 Å². The summed E-state index contributed by atoms with van der Waals surface area (Å²) in [6.45, 7) is 3.78. The van der Waals surface area contributed by atoms with Gasteiger partial charge in [-0.15, -0.1) is 10.2 Å². The Kier molecular flexibility index (Phi) is 4.67. The largest absolute Gasteiger partial charge is 0.461 e. The van der Waals surface area contributed by atoms with Gasteiger partial charge in [-0.3, -0.25) is 4.79 Å². The quantitative estimate of drug-likeness (QED) is 0.654. The molecule has 6 nitrogen and oxygen atoms in total. The molecule has 0 spiro atoms. The van der Waals surface area contributed by atoms with Crippen molar-refractivity contribution in [3.05, 3.63) is 48.7 Å². The van der Waals surface area contributed by atoms with Crippen molar-refractivity contribution in [1.82, 2.24) is 14.8 Å². The van der Waals surface area contributed by atoms with E-state index in [0.29, 0.717) is 16.7 Å². The molecular weight excluding hydrogens is 336 g/mol. The van der Waals surface area contributed by atoms with Gasteiger partial charge in [-0.05, 0) is 38.1 Å². The third-order valence-electron chi connectivity index (χ3n) is 3.89. The van der Waals surface area contributed by atoms with Crippen molar-refractivity contribution in [2.24, 2.45) is 7.05 Å². The summed E-state index contributed by atoms with van der Waals surface area (Å²) in [4.78, 5) is 14.6. The number of thioether (sulfide) groups is 1. The molecule has 0 saturated carbocycles. The van der Waals surface area contributed by atoms with Gasteiger partial charge in [0.15, 0.2) is 16.7 Å². The number of para-hydroxylation sites is 1. The number of benzene rings is 1. The highest BCUT2D eigenvalue weighted by Crippen LogP contribution is 2.35. The summed E-state index contributed by atoms with van der Waals surface area (Å²) in [5, 5.41) is 9.05. The van der Waals surface area contributed by atoms with E-state index in [2.05, 4.69) is 10.2 Å². The van der Waals surface area contributed by atoms with Crippen LogP contribution in [-0.4, -0.2) is 32.5 Å². The highest BCUT2D eigenvalue weighted by molar-refractivity contribution is 8.01. The fraction of sp³-hybridized carbons (Fsp3) is 0.278. The zero-order chi connectivity index (χ0) is 18.0. The lowest BCUT2D eigenvalue weighted by Crippen LogP contribution is -2.41. The molecule has 7 heteroatoms. The number of hydrogen-bond acceptors (Lipinski definition) is 5. The first kappa shape index (κ1) is 17.3. The zero-order valence-electron chi connectivity index (χ0n) is 14.6. The van der Waals surface area contributed by atoms with Crippen LogP contribution in [0.2, 0.25) is 0 Å². The molecular formula is C18H20N4O2S. The Morgan fingerprint density at radius 2 is 1.88 bits per heavy atom. The molecule has 2 aromatic heterocycles. The number of amides is 1. The van der Waals surface area contributed by atoms with Crippen LogP contribution in [0.25, 0.3) is 11.6 Å². The number of nitrogens with zero attached hydrogens (tertiary/aromatic N) is 4. The maximum absolute atomic E-state index is 12.9. The van der Waals surface area contributed by atoms with Gasteiger partial charge in [-0.1, -0.05) is 30.0 Å². The van der Waals surface area contributed by atoms with Crippen LogP contribution in [0.1, 0.15) is 13.8 Å². The van der Waals surface area contributed by atoms with Crippen molar-refractivity contribution in [1.29, 1.82) is 0 Å². The van der Waals surface area contributed by atoms with E-state index in [4.69, 9.17) is 4.42 Å². The maximum Gasteiger partial charge on any atom is 0.242 e. The summed E-state index contributed by atoms with van der Waals surface area (Å²) in [7, 11) is 3.65. The lowest BCUT2D eigenvalue weighted by molar-refractivity contribution is -0.119. The second-order valence-corrected chi connectivity index (χ2v) is 7.74. The molecule has 0 aliphatic rings. The molecule has 0 atom stereocenters. The molecule has 130 valence electrons. The van der Waals surface area contributed by atoms with E-state index in [0.717, 1.165) is 5.69 Å². The summed E-state index contributed by atoms with van der Waals surface area (Å²) in [6, 6.07) is 13.2. The zero-order valence-corrected chi connectivity index (χ0v) is 15.4. The van der Waals surface area contributed by atoms with Crippen molar-refractivity contribution in [2.75, 3.05) is 11.9 Å². The Labute approximate surface area is 150 Å². The van der Waals surface area contributed by atoms with Crippen LogP contribution < -0.4 is 4.90 Å². The minimum Gasteiger partial charge on any atom is -0.461 e. The van der Waals surface area contributed by atoms with Crippen molar-refractivity contribution < 1.29 is 9.21 Å². The first-order valence-electron chi connectivity index (χ1n) is 7.85. The normalized spacial score (nSPS) is 11.5. The lowest BCUT2D eigenvalue weighted by Gasteiger charge is -2.28. The van der Waals surface area contributed by atoms with Crippen LogP contribution in [0, 0.1) is 0 Å². The molecule has 0 N–H and O–H groups in total. The van der Waals surface area contributed by atoms with Crippen LogP contribution in [0.15, 0.2) is 58.3 Å². The van der Waals surface area contributed by atoms with Gasteiger partial charge in [0.2, 0.25) is 5.91 Å². The molecule has 0 fully saturated rings. The molecule has 0 saturated heterocycles. The Morgan fingerprint density at radius 1 is 1.16 bits per heavy atom. The molecule has 1 amide bonds.